The van der Waals surface area contributed by atoms with Crippen molar-refractivity contribution < 1.29 is 19.1 Å². The molecule has 1 aliphatic carbocycles. The first-order chi connectivity index (χ1) is 16.6. The summed E-state index contributed by atoms with van der Waals surface area (Å²) in [5.74, 6) is 1.07. The van der Waals surface area contributed by atoms with E-state index in [1.807, 2.05) is 36.4 Å². The summed E-state index contributed by atoms with van der Waals surface area (Å²) in [5.41, 5.74) is 3.41. The Morgan fingerprint density at radius 1 is 1.06 bits per heavy atom. The van der Waals surface area contributed by atoms with Crippen LogP contribution in [0.25, 0.3) is 11.1 Å². The summed E-state index contributed by atoms with van der Waals surface area (Å²) in [4.78, 5) is 27.9. The molecule has 6 nitrogen and oxygen atoms in total. The van der Waals surface area contributed by atoms with E-state index in [2.05, 4.69) is 16.3 Å². The highest BCUT2D eigenvalue weighted by Crippen LogP contribution is 2.36. The molecule has 1 amide bonds. The zero-order valence-electron chi connectivity index (χ0n) is 20.0. The lowest BCUT2D eigenvalue weighted by atomic mass is 9.79. The van der Waals surface area contributed by atoms with Gasteiger partial charge in [-0.15, -0.1) is 0 Å². The van der Waals surface area contributed by atoms with Gasteiger partial charge in [0.15, 0.2) is 5.78 Å². The number of carbonyl (C=O) groups is 2. The van der Waals surface area contributed by atoms with Crippen molar-refractivity contribution in [2.24, 2.45) is 0 Å². The lowest BCUT2D eigenvalue weighted by Crippen LogP contribution is -2.62. The van der Waals surface area contributed by atoms with Crippen molar-refractivity contribution >= 4 is 11.7 Å². The number of morpholine rings is 1. The summed E-state index contributed by atoms with van der Waals surface area (Å²) < 4.78 is 11.7. The van der Waals surface area contributed by atoms with Gasteiger partial charge in [-0.25, -0.2) is 0 Å². The van der Waals surface area contributed by atoms with Gasteiger partial charge in [-0.2, -0.15) is 0 Å². The van der Waals surface area contributed by atoms with E-state index in [9.17, 15) is 9.59 Å². The van der Waals surface area contributed by atoms with Gasteiger partial charge in [0.05, 0.1) is 19.8 Å². The molecule has 1 unspecified atom stereocenters. The number of rotatable bonds is 6. The molecule has 34 heavy (non-hydrogen) atoms. The van der Waals surface area contributed by atoms with Crippen molar-refractivity contribution in [3.63, 3.8) is 0 Å². The molecule has 0 aromatic heterocycles. The Bertz CT molecular complexity index is 1050. The van der Waals surface area contributed by atoms with Crippen LogP contribution in [0.3, 0.4) is 0 Å². The smallest absolute Gasteiger partial charge is 0.240 e. The van der Waals surface area contributed by atoms with Gasteiger partial charge in [0.1, 0.15) is 17.4 Å². The molecule has 2 aromatic carbocycles. The molecule has 0 radical (unpaired) electrons. The molecule has 2 heterocycles. The molecule has 3 aliphatic rings. The summed E-state index contributed by atoms with van der Waals surface area (Å²) >= 11 is 0. The van der Waals surface area contributed by atoms with E-state index < -0.39 is 5.54 Å². The molecular weight excluding hydrogens is 428 g/mol. The average molecular weight is 463 g/mol. The highest BCUT2D eigenvalue weighted by molar-refractivity contribution is 6.00. The Hall–Kier alpha value is -2.70. The predicted octanol–water partition coefficient (Wildman–Crippen LogP) is 4.01. The Morgan fingerprint density at radius 2 is 1.82 bits per heavy atom. The van der Waals surface area contributed by atoms with Crippen LogP contribution in [0.15, 0.2) is 42.5 Å². The van der Waals surface area contributed by atoms with Gasteiger partial charge in [0.25, 0.3) is 0 Å². The van der Waals surface area contributed by atoms with Gasteiger partial charge in [0.2, 0.25) is 5.91 Å². The zero-order chi connectivity index (χ0) is 23.5. The monoisotopic (exact) mass is 462 g/mol. The fraction of sp³-hybridized carbons (Fsp3) is 0.500. The third kappa shape index (κ3) is 4.49. The first-order valence-electron chi connectivity index (χ1n) is 12.6. The third-order valence-electron chi connectivity index (χ3n) is 7.63. The molecule has 2 aliphatic heterocycles. The molecule has 0 spiro atoms. The molecule has 5 rings (SSSR count). The van der Waals surface area contributed by atoms with Gasteiger partial charge >= 0.3 is 0 Å². The minimum absolute atomic E-state index is 0.0600. The van der Waals surface area contributed by atoms with Crippen LogP contribution < -0.4 is 10.1 Å². The molecule has 1 saturated heterocycles. The number of hydrogen-bond donors (Lipinski definition) is 1. The minimum atomic E-state index is -0.406. The van der Waals surface area contributed by atoms with Crippen molar-refractivity contribution in [2.45, 2.75) is 57.1 Å². The summed E-state index contributed by atoms with van der Waals surface area (Å²) in [5, 5.41) is 3.25. The quantitative estimate of drug-likeness (QED) is 0.657. The van der Waals surface area contributed by atoms with Crippen LogP contribution in [0, 0.1) is 0 Å². The average Bonchev–Trinajstić information content (AvgIpc) is 3.30. The SMILES string of the molecule is CC(=O)c1ccccc1-c1ccc2c(c1)CC(CNC(=O)C1(N3CCOCC3)CCCCC1)O2. The molecule has 6 heteroatoms. The Balaban J connectivity index is 1.26. The van der Waals surface area contributed by atoms with Gasteiger partial charge in [0, 0.05) is 25.1 Å². The third-order valence-corrected chi connectivity index (χ3v) is 7.63. The van der Waals surface area contributed by atoms with E-state index in [0.717, 1.165) is 73.2 Å². The number of nitrogens with one attached hydrogen (secondary N) is 1. The molecule has 1 saturated carbocycles. The first-order valence-corrected chi connectivity index (χ1v) is 12.6. The zero-order valence-corrected chi connectivity index (χ0v) is 20.0. The minimum Gasteiger partial charge on any atom is -0.488 e. The number of ether oxygens (including phenoxy) is 2. The van der Waals surface area contributed by atoms with Crippen molar-refractivity contribution in [2.75, 3.05) is 32.8 Å². The van der Waals surface area contributed by atoms with E-state index in [4.69, 9.17) is 9.47 Å². The molecular formula is C28H34N2O4. The molecule has 180 valence electrons. The number of hydrogen-bond acceptors (Lipinski definition) is 5. The normalized spacial score (nSPS) is 22.0. The van der Waals surface area contributed by atoms with Crippen LogP contribution in [-0.4, -0.2) is 61.1 Å². The van der Waals surface area contributed by atoms with Crippen LogP contribution in [0.1, 0.15) is 54.9 Å². The maximum Gasteiger partial charge on any atom is 0.240 e. The number of benzene rings is 2. The van der Waals surface area contributed by atoms with Gasteiger partial charge in [-0.05, 0) is 48.6 Å². The van der Waals surface area contributed by atoms with E-state index in [0.29, 0.717) is 19.8 Å². The highest BCUT2D eigenvalue weighted by Gasteiger charge is 2.45. The topological polar surface area (TPSA) is 67.9 Å². The van der Waals surface area contributed by atoms with E-state index in [-0.39, 0.29) is 17.8 Å². The Kier molecular flexibility index (Phi) is 6.70. The summed E-state index contributed by atoms with van der Waals surface area (Å²) in [6.45, 7) is 5.14. The number of ketones is 1. The van der Waals surface area contributed by atoms with Gasteiger partial charge < -0.3 is 14.8 Å². The summed E-state index contributed by atoms with van der Waals surface area (Å²) in [6, 6.07) is 13.8. The van der Waals surface area contributed by atoms with Crippen molar-refractivity contribution in [3.05, 3.63) is 53.6 Å². The number of nitrogens with zero attached hydrogens (tertiary/aromatic N) is 1. The standard InChI is InChI=1S/C28H34N2O4/c1-20(31)24-7-3-4-8-25(24)21-9-10-26-22(17-21)18-23(34-26)19-29-27(32)28(11-5-2-6-12-28)30-13-15-33-16-14-30/h3-4,7-10,17,23H,2,5-6,11-16,18-19H2,1H3,(H,29,32). The van der Waals surface area contributed by atoms with Crippen LogP contribution in [-0.2, 0) is 16.0 Å². The van der Waals surface area contributed by atoms with Crippen molar-refractivity contribution in [1.82, 2.24) is 10.2 Å². The second-order valence-electron chi connectivity index (χ2n) is 9.77. The highest BCUT2D eigenvalue weighted by atomic mass is 16.5. The second-order valence-corrected chi connectivity index (χ2v) is 9.77. The number of amides is 1. The molecule has 0 bridgehead atoms. The van der Waals surface area contributed by atoms with Crippen LogP contribution in [0.4, 0.5) is 0 Å². The van der Waals surface area contributed by atoms with Crippen LogP contribution in [0.2, 0.25) is 0 Å². The van der Waals surface area contributed by atoms with E-state index >= 15 is 0 Å². The largest absolute Gasteiger partial charge is 0.488 e. The molecule has 1 atom stereocenters. The maximum absolute atomic E-state index is 13.5. The Morgan fingerprint density at radius 3 is 2.59 bits per heavy atom. The second kappa shape index (κ2) is 9.88. The predicted molar refractivity (Wildman–Crippen MR) is 131 cm³/mol. The lowest BCUT2D eigenvalue weighted by Gasteiger charge is -2.46. The number of fused-ring (bicyclic) bond motifs is 1. The van der Waals surface area contributed by atoms with Crippen molar-refractivity contribution in [1.29, 1.82) is 0 Å². The number of Topliss-reactive ketones (excluding diaryl/α,β-unsaturated/α-hetero) is 1. The number of carbonyl (C=O) groups excluding carboxylic acids is 2. The van der Waals surface area contributed by atoms with Gasteiger partial charge in [-0.3, -0.25) is 14.5 Å². The van der Waals surface area contributed by atoms with Crippen LogP contribution in [0.5, 0.6) is 5.75 Å². The summed E-state index contributed by atoms with van der Waals surface area (Å²) in [6.07, 6.45) is 5.91. The van der Waals surface area contributed by atoms with E-state index in [1.165, 1.54) is 6.42 Å². The molecule has 1 N–H and O–H groups in total. The Labute approximate surface area is 201 Å². The summed E-state index contributed by atoms with van der Waals surface area (Å²) in [7, 11) is 0. The molecule has 2 fully saturated rings. The first kappa shape index (κ1) is 23.1. The van der Waals surface area contributed by atoms with E-state index in [1.54, 1.807) is 6.92 Å². The fourth-order valence-electron chi connectivity index (χ4n) is 5.83. The lowest BCUT2D eigenvalue weighted by molar-refractivity contribution is -0.140. The maximum atomic E-state index is 13.5. The van der Waals surface area contributed by atoms with Crippen molar-refractivity contribution in [3.8, 4) is 16.9 Å². The van der Waals surface area contributed by atoms with Gasteiger partial charge in [-0.1, -0.05) is 49.6 Å². The molecule has 2 aromatic rings. The van der Waals surface area contributed by atoms with Crippen LogP contribution >= 0.6 is 0 Å². The fourth-order valence-corrected chi connectivity index (χ4v) is 5.83.